The first-order chi connectivity index (χ1) is 16.0. The Morgan fingerprint density at radius 2 is 1.94 bits per heavy atom. The summed E-state index contributed by atoms with van der Waals surface area (Å²) in [6.07, 6.45) is 1.49. The van der Waals surface area contributed by atoms with Crippen LogP contribution in [-0.2, 0) is 22.7 Å². The Bertz CT molecular complexity index is 1040. The SMILES string of the molecule is O[C@H](COCc1ccco1)CN(Cc1cccc(Cl)c1)C[C@@H]1CC(c2ccc(Cl)cc2)=NO1. The van der Waals surface area contributed by atoms with E-state index in [1.165, 1.54) is 0 Å². The topological polar surface area (TPSA) is 67.4 Å². The summed E-state index contributed by atoms with van der Waals surface area (Å²) in [6, 6.07) is 18.9. The number of halogens is 2. The first kappa shape index (κ1) is 23.8. The second-order valence-electron chi connectivity index (χ2n) is 8.05. The van der Waals surface area contributed by atoms with E-state index >= 15 is 0 Å². The monoisotopic (exact) mass is 488 g/mol. The lowest BCUT2D eigenvalue weighted by Gasteiger charge is -2.27. The zero-order valence-corrected chi connectivity index (χ0v) is 19.6. The third kappa shape index (κ3) is 7.32. The maximum absolute atomic E-state index is 10.6. The molecule has 1 aliphatic rings. The van der Waals surface area contributed by atoms with Crippen LogP contribution in [0, 0.1) is 0 Å². The number of furan rings is 1. The molecule has 8 heteroatoms. The van der Waals surface area contributed by atoms with Crippen LogP contribution >= 0.6 is 23.2 Å². The number of hydrogen-bond acceptors (Lipinski definition) is 6. The van der Waals surface area contributed by atoms with Gasteiger partial charge in [-0.1, -0.05) is 52.6 Å². The summed E-state index contributed by atoms with van der Waals surface area (Å²) in [6.45, 7) is 2.16. The zero-order valence-electron chi connectivity index (χ0n) is 18.1. The largest absolute Gasteiger partial charge is 0.467 e. The van der Waals surface area contributed by atoms with E-state index < -0.39 is 6.10 Å². The van der Waals surface area contributed by atoms with E-state index in [0.29, 0.717) is 42.7 Å². The van der Waals surface area contributed by atoms with Gasteiger partial charge >= 0.3 is 0 Å². The Morgan fingerprint density at radius 3 is 2.70 bits per heavy atom. The number of aliphatic hydroxyl groups is 1. The van der Waals surface area contributed by atoms with Crippen molar-refractivity contribution in [2.45, 2.75) is 31.8 Å². The molecule has 4 rings (SSSR count). The summed E-state index contributed by atoms with van der Waals surface area (Å²) in [4.78, 5) is 7.85. The fraction of sp³-hybridized carbons (Fsp3) is 0.320. The van der Waals surface area contributed by atoms with Crippen molar-refractivity contribution in [1.29, 1.82) is 0 Å². The molecular weight excluding hydrogens is 463 g/mol. The maximum atomic E-state index is 10.6. The van der Waals surface area contributed by atoms with Crippen molar-refractivity contribution < 1.29 is 19.1 Å². The van der Waals surface area contributed by atoms with Crippen molar-refractivity contribution in [3.05, 3.63) is 93.9 Å². The highest BCUT2D eigenvalue weighted by Gasteiger charge is 2.26. The minimum atomic E-state index is -0.669. The van der Waals surface area contributed by atoms with Crippen LogP contribution in [0.3, 0.4) is 0 Å². The number of rotatable bonds is 11. The second-order valence-corrected chi connectivity index (χ2v) is 8.92. The van der Waals surface area contributed by atoms with E-state index in [9.17, 15) is 5.11 Å². The summed E-state index contributed by atoms with van der Waals surface area (Å²) < 4.78 is 10.9. The van der Waals surface area contributed by atoms with E-state index in [-0.39, 0.29) is 12.7 Å². The third-order valence-electron chi connectivity index (χ3n) is 5.27. The summed E-state index contributed by atoms with van der Waals surface area (Å²) in [7, 11) is 0. The minimum absolute atomic E-state index is 0.119. The number of ether oxygens (including phenoxy) is 1. The highest BCUT2D eigenvalue weighted by atomic mass is 35.5. The molecule has 0 aliphatic carbocycles. The van der Waals surface area contributed by atoms with Crippen LogP contribution in [0.5, 0.6) is 0 Å². The number of nitrogens with zero attached hydrogens (tertiary/aromatic N) is 2. The van der Waals surface area contributed by atoms with Gasteiger partial charge in [-0.25, -0.2) is 0 Å². The number of benzene rings is 2. The molecule has 1 aliphatic heterocycles. The zero-order chi connectivity index (χ0) is 23.0. The van der Waals surface area contributed by atoms with E-state index in [1.54, 1.807) is 6.26 Å². The Labute approximate surface area is 203 Å². The average molecular weight is 489 g/mol. The number of oxime groups is 1. The fourth-order valence-corrected chi connectivity index (χ4v) is 4.10. The van der Waals surface area contributed by atoms with Crippen molar-refractivity contribution >= 4 is 28.9 Å². The van der Waals surface area contributed by atoms with Crippen molar-refractivity contribution in [2.24, 2.45) is 5.16 Å². The van der Waals surface area contributed by atoms with Crippen LogP contribution in [0.25, 0.3) is 0 Å². The van der Waals surface area contributed by atoms with Crippen molar-refractivity contribution in [3.8, 4) is 0 Å². The average Bonchev–Trinajstić information content (AvgIpc) is 3.47. The molecule has 0 radical (unpaired) electrons. The molecule has 2 heterocycles. The summed E-state index contributed by atoms with van der Waals surface area (Å²) in [5, 5.41) is 16.2. The van der Waals surface area contributed by atoms with Gasteiger partial charge in [-0.15, -0.1) is 0 Å². The molecule has 0 unspecified atom stereocenters. The number of aliphatic hydroxyl groups excluding tert-OH is 1. The fourth-order valence-electron chi connectivity index (χ4n) is 3.77. The summed E-state index contributed by atoms with van der Waals surface area (Å²) in [5.41, 5.74) is 2.94. The highest BCUT2D eigenvalue weighted by molar-refractivity contribution is 6.31. The molecule has 0 fully saturated rings. The van der Waals surface area contributed by atoms with Crippen LogP contribution in [0.1, 0.15) is 23.3 Å². The van der Waals surface area contributed by atoms with Gasteiger partial charge in [-0.05, 0) is 47.5 Å². The standard InChI is InChI=1S/C25H26Cl2N2O4/c26-20-8-6-19(7-9-20)25-12-24(33-28-25)15-29(13-18-3-1-4-21(27)11-18)14-22(30)16-31-17-23-5-2-10-32-23/h1-11,22,24,30H,12-17H2/t22-,24-/m0/s1. The van der Waals surface area contributed by atoms with Gasteiger partial charge in [0.2, 0.25) is 0 Å². The third-order valence-corrected chi connectivity index (χ3v) is 5.76. The highest BCUT2D eigenvalue weighted by Crippen LogP contribution is 2.21. The maximum Gasteiger partial charge on any atom is 0.145 e. The molecule has 2 aromatic carbocycles. The number of hydrogen-bond donors (Lipinski definition) is 1. The molecular formula is C25H26Cl2N2O4. The van der Waals surface area contributed by atoms with Crippen LogP contribution in [-0.4, -0.2) is 47.6 Å². The van der Waals surface area contributed by atoms with Crippen LogP contribution in [0.15, 0.2) is 76.5 Å². The van der Waals surface area contributed by atoms with Gasteiger partial charge in [0.1, 0.15) is 18.5 Å². The Balaban J connectivity index is 1.34. The van der Waals surface area contributed by atoms with Crippen molar-refractivity contribution in [2.75, 3.05) is 19.7 Å². The van der Waals surface area contributed by atoms with Gasteiger partial charge in [-0.3, -0.25) is 4.90 Å². The normalized spacial score (nSPS) is 16.6. The minimum Gasteiger partial charge on any atom is -0.467 e. The second kappa shape index (κ2) is 11.7. The van der Waals surface area contributed by atoms with Gasteiger partial charge < -0.3 is 19.1 Å². The van der Waals surface area contributed by atoms with Crippen molar-refractivity contribution in [3.63, 3.8) is 0 Å². The van der Waals surface area contributed by atoms with Crippen molar-refractivity contribution in [1.82, 2.24) is 4.90 Å². The summed E-state index contributed by atoms with van der Waals surface area (Å²) in [5.74, 6) is 0.726. The molecule has 0 amide bonds. The van der Waals surface area contributed by atoms with Gasteiger partial charge in [-0.2, -0.15) is 0 Å². The van der Waals surface area contributed by atoms with E-state index in [1.807, 2.05) is 60.7 Å². The molecule has 0 bridgehead atoms. The quantitative estimate of drug-likeness (QED) is 0.403. The van der Waals surface area contributed by atoms with E-state index in [0.717, 1.165) is 22.6 Å². The van der Waals surface area contributed by atoms with Gasteiger partial charge in [0.25, 0.3) is 0 Å². The molecule has 0 saturated heterocycles. The molecule has 174 valence electrons. The van der Waals surface area contributed by atoms with Crippen LogP contribution in [0.2, 0.25) is 10.0 Å². The Morgan fingerprint density at radius 1 is 1.09 bits per heavy atom. The Kier molecular flexibility index (Phi) is 8.42. The molecule has 0 spiro atoms. The molecule has 1 aromatic heterocycles. The first-order valence-electron chi connectivity index (χ1n) is 10.8. The predicted octanol–water partition coefficient (Wildman–Crippen LogP) is 5.16. The van der Waals surface area contributed by atoms with Crippen LogP contribution in [0.4, 0.5) is 0 Å². The lowest BCUT2D eigenvalue weighted by Crippen LogP contribution is -2.39. The van der Waals surface area contributed by atoms with Gasteiger partial charge in [0.05, 0.1) is 24.7 Å². The lowest BCUT2D eigenvalue weighted by atomic mass is 10.0. The molecule has 3 aromatic rings. The molecule has 1 N–H and O–H groups in total. The predicted molar refractivity (Wildman–Crippen MR) is 129 cm³/mol. The lowest BCUT2D eigenvalue weighted by molar-refractivity contribution is -0.00955. The molecule has 0 saturated carbocycles. The van der Waals surface area contributed by atoms with Gasteiger partial charge in [0, 0.05) is 36.1 Å². The Hall–Kier alpha value is -2.35. The molecule has 2 atom stereocenters. The first-order valence-corrected chi connectivity index (χ1v) is 11.5. The smallest absolute Gasteiger partial charge is 0.145 e. The van der Waals surface area contributed by atoms with Crippen LogP contribution < -0.4 is 0 Å². The van der Waals surface area contributed by atoms with E-state index in [4.69, 9.17) is 37.2 Å². The molecule has 6 nitrogen and oxygen atoms in total. The van der Waals surface area contributed by atoms with E-state index in [2.05, 4.69) is 10.1 Å². The summed E-state index contributed by atoms with van der Waals surface area (Å²) >= 11 is 12.2. The van der Waals surface area contributed by atoms with Gasteiger partial charge in [0.15, 0.2) is 0 Å². The molecule has 33 heavy (non-hydrogen) atoms.